The Balaban J connectivity index is 1.72. The van der Waals surface area contributed by atoms with Crippen LogP contribution in [-0.4, -0.2) is 49.6 Å². The van der Waals surface area contributed by atoms with Crippen molar-refractivity contribution in [2.45, 2.75) is 25.0 Å². The number of hydrogen-bond acceptors (Lipinski definition) is 4. The van der Waals surface area contributed by atoms with E-state index >= 15 is 0 Å². The van der Waals surface area contributed by atoms with Crippen molar-refractivity contribution < 1.29 is 14.7 Å². The zero-order chi connectivity index (χ0) is 19.7. The average Bonchev–Trinajstić information content (AvgIpc) is 3.34. The number of fused-ring (bicyclic) bond motifs is 1. The molecular formula is C19H18ClN5O3. The minimum Gasteiger partial charge on any atom is -0.465 e. The monoisotopic (exact) mass is 399 g/mol. The zero-order valence-corrected chi connectivity index (χ0v) is 15.6. The molecule has 2 amide bonds. The Morgan fingerprint density at radius 2 is 1.93 bits per heavy atom. The van der Waals surface area contributed by atoms with Gasteiger partial charge in [-0.05, 0) is 49.2 Å². The Morgan fingerprint density at radius 1 is 1.18 bits per heavy atom. The van der Waals surface area contributed by atoms with E-state index in [1.807, 2.05) is 24.3 Å². The second kappa shape index (κ2) is 7.47. The molecular weight excluding hydrogens is 382 g/mol. The number of halogens is 1. The van der Waals surface area contributed by atoms with Crippen molar-refractivity contribution in [3.8, 4) is 0 Å². The van der Waals surface area contributed by atoms with Gasteiger partial charge in [0.1, 0.15) is 11.7 Å². The number of likely N-dealkylation sites (tertiary alicyclic amines) is 1. The zero-order valence-electron chi connectivity index (χ0n) is 14.8. The molecule has 0 aliphatic carbocycles. The number of amides is 2. The Hall–Kier alpha value is -3.13. The Kier molecular flexibility index (Phi) is 4.87. The van der Waals surface area contributed by atoms with E-state index in [4.69, 9.17) is 11.6 Å². The van der Waals surface area contributed by atoms with E-state index < -0.39 is 18.3 Å². The molecule has 0 spiro atoms. The minimum atomic E-state index is -1.02. The summed E-state index contributed by atoms with van der Waals surface area (Å²) in [5.74, 6) is -0.335. The van der Waals surface area contributed by atoms with E-state index in [9.17, 15) is 14.7 Å². The normalized spacial score (nSPS) is 17.6. The summed E-state index contributed by atoms with van der Waals surface area (Å²) in [7, 11) is 0. The van der Waals surface area contributed by atoms with Crippen molar-refractivity contribution in [3.05, 3.63) is 59.1 Å². The summed E-state index contributed by atoms with van der Waals surface area (Å²) in [6.45, 7) is 0.417. The highest BCUT2D eigenvalue weighted by Gasteiger charge is 2.38. The van der Waals surface area contributed by atoms with Crippen molar-refractivity contribution in [3.63, 3.8) is 0 Å². The van der Waals surface area contributed by atoms with Gasteiger partial charge in [0.05, 0.1) is 11.6 Å². The minimum absolute atomic E-state index is 0.335. The van der Waals surface area contributed by atoms with Gasteiger partial charge < -0.3 is 15.3 Å². The molecule has 1 saturated heterocycles. The number of carbonyl (C=O) groups excluding carboxylic acids is 1. The summed E-state index contributed by atoms with van der Waals surface area (Å²) in [5.41, 5.74) is 1.83. The quantitative estimate of drug-likeness (QED) is 0.701. The van der Waals surface area contributed by atoms with Gasteiger partial charge in [-0.25, -0.2) is 9.48 Å². The summed E-state index contributed by atoms with van der Waals surface area (Å²) in [6, 6.07) is 13.4. The van der Waals surface area contributed by atoms with Crippen LogP contribution < -0.4 is 5.32 Å². The highest BCUT2D eigenvalue weighted by molar-refractivity contribution is 6.30. The van der Waals surface area contributed by atoms with Crippen LogP contribution in [0, 0.1) is 0 Å². The maximum atomic E-state index is 12.8. The molecule has 2 atom stereocenters. The van der Waals surface area contributed by atoms with Crippen LogP contribution in [0.5, 0.6) is 0 Å². The van der Waals surface area contributed by atoms with Crippen LogP contribution in [0.4, 0.5) is 4.79 Å². The van der Waals surface area contributed by atoms with Crippen LogP contribution in [0.15, 0.2) is 48.5 Å². The number of nitrogens with zero attached hydrogens (tertiary/aromatic N) is 4. The van der Waals surface area contributed by atoms with Crippen LogP contribution in [0.3, 0.4) is 0 Å². The summed E-state index contributed by atoms with van der Waals surface area (Å²) < 4.78 is 1.59. The number of para-hydroxylation sites is 1. The summed E-state index contributed by atoms with van der Waals surface area (Å²) in [5, 5.41) is 21.4. The molecule has 4 rings (SSSR count). The molecule has 2 heterocycles. The SMILES string of the molecule is O=C(NC([C@H]1CCCN1C(=O)O)n1nnc2ccccc21)c1ccc(Cl)cc1. The fraction of sp³-hybridized carbons (Fsp3) is 0.263. The maximum absolute atomic E-state index is 12.8. The van der Waals surface area contributed by atoms with Crippen LogP contribution in [-0.2, 0) is 0 Å². The summed E-state index contributed by atoms with van der Waals surface area (Å²) in [6.07, 6.45) is -0.366. The van der Waals surface area contributed by atoms with Crippen molar-refractivity contribution in [2.24, 2.45) is 0 Å². The van der Waals surface area contributed by atoms with E-state index in [-0.39, 0.29) is 5.91 Å². The number of rotatable bonds is 4. The lowest BCUT2D eigenvalue weighted by atomic mass is 10.1. The molecule has 1 aliphatic rings. The van der Waals surface area contributed by atoms with Gasteiger partial charge in [0.15, 0.2) is 0 Å². The van der Waals surface area contributed by atoms with Crippen molar-refractivity contribution in [1.82, 2.24) is 25.2 Å². The molecule has 1 aliphatic heterocycles. The molecule has 0 bridgehead atoms. The lowest BCUT2D eigenvalue weighted by Gasteiger charge is -2.30. The van der Waals surface area contributed by atoms with E-state index in [0.29, 0.717) is 29.1 Å². The number of nitrogens with one attached hydrogen (secondary N) is 1. The molecule has 9 heteroatoms. The molecule has 2 N–H and O–H groups in total. The largest absolute Gasteiger partial charge is 0.465 e. The first-order valence-electron chi connectivity index (χ1n) is 8.90. The van der Waals surface area contributed by atoms with Crippen molar-refractivity contribution in [2.75, 3.05) is 6.54 Å². The fourth-order valence-corrected chi connectivity index (χ4v) is 3.72. The molecule has 1 fully saturated rings. The van der Waals surface area contributed by atoms with E-state index in [1.165, 1.54) is 4.90 Å². The smallest absolute Gasteiger partial charge is 0.407 e. The summed E-state index contributed by atoms with van der Waals surface area (Å²) >= 11 is 5.90. The first-order valence-corrected chi connectivity index (χ1v) is 9.28. The highest BCUT2D eigenvalue weighted by Crippen LogP contribution is 2.28. The van der Waals surface area contributed by atoms with Gasteiger partial charge in [-0.2, -0.15) is 0 Å². The maximum Gasteiger partial charge on any atom is 0.407 e. The molecule has 28 heavy (non-hydrogen) atoms. The lowest BCUT2D eigenvalue weighted by Crippen LogP contribution is -2.48. The van der Waals surface area contributed by atoms with Gasteiger partial charge in [-0.1, -0.05) is 28.9 Å². The van der Waals surface area contributed by atoms with Gasteiger partial charge in [0.2, 0.25) is 0 Å². The molecule has 1 unspecified atom stereocenters. The Morgan fingerprint density at radius 3 is 2.68 bits per heavy atom. The van der Waals surface area contributed by atoms with Crippen LogP contribution >= 0.6 is 11.6 Å². The van der Waals surface area contributed by atoms with Gasteiger partial charge in [-0.15, -0.1) is 5.10 Å². The molecule has 1 aromatic heterocycles. The molecule has 8 nitrogen and oxygen atoms in total. The van der Waals surface area contributed by atoms with Gasteiger partial charge in [0, 0.05) is 17.1 Å². The standard InChI is InChI=1S/C19H18ClN5O3/c20-13-9-7-12(8-10-13)18(26)21-17(16-6-3-11-24(16)19(27)28)25-15-5-2-1-4-14(15)22-23-25/h1-2,4-5,7-10,16-17H,3,6,11H2,(H,21,26)(H,27,28)/t16-,17?/m1/s1. The number of carbonyl (C=O) groups is 2. The number of hydrogen-bond donors (Lipinski definition) is 2. The second-order valence-corrected chi connectivity index (χ2v) is 7.07. The first-order chi connectivity index (χ1) is 13.5. The van der Waals surface area contributed by atoms with Crippen molar-refractivity contribution >= 4 is 34.6 Å². The second-order valence-electron chi connectivity index (χ2n) is 6.63. The number of benzene rings is 2. The molecule has 144 valence electrons. The number of aromatic nitrogens is 3. The van der Waals surface area contributed by atoms with E-state index in [2.05, 4.69) is 15.6 Å². The molecule has 0 saturated carbocycles. The lowest BCUT2D eigenvalue weighted by molar-refractivity contribution is 0.0832. The van der Waals surface area contributed by atoms with Crippen LogP contribution in [0.25, 0.3) is 11.0 Å². The predicted molar refractivity (Wildman–Crippen MR) is 103 cm³/mol. The van der Waals surface area contributed by atoms with Gasteiger partial charge >= 0.3 is 6.09 Å². The Bertz CT molecular complexity index is 1020. The topological polar surface area (TPSA) is 100 Å². The van der Waals surface area contributed by atoms with Crippen molar-refractivity contribution in [1.29, 1.82) is 0 Å². The van der Waals surface area contributed by atoms with E-state index in [1.54, 1.807) is 28.9 Å². The molecule has 2 aromatic carbocycles. The third kappa shape index (κ3) is 3.38. The van der Waals surface area contributed by atoms with Crippen LogP contribution in [0.2, 0.25) is 5.02 Å². The first kappa shape index (κ1) is 18.2. The predicted octanol–water partition coefficient (Wildman–Crippen LogP) is 3.16. The molecule has 0 radical (unpaired) electrons. The van der Waals surface area contributed by atoms with Gasteiger partial charge in [0.25, 0.3) is 5.91 Å². The van der Waals surface area contributed by atoms with Gasteiger partial charge in [-0.3, -0.25) is 4.79 Å². The third-order valence-electron chi connectivity index (χ3n) is 4.94. The van der Waals surface area contributed by atoms with Crippen LogP contribution in [0.1, 0.15) is 29.4 Å². The fourth-order valence-electron chi connectivity index (χ4n) is 3.59. The summed E-state index contributed by atoms with van der Waals surface area (Å²) in [4.78, 5) is 25.9. The molecule has 3 aromatic rings. The highest BCUT2D eigenvalue weighted by atomic mass is 35.5. The Labute approximate surface area is 165 Å². The van der Waals surface area contributed by atoms with E-state index in [0.717, 1.165) is 11.9 Å². The number of carboxylic acid groups (broad SMARTS) is 1. The third-order valence-corrected chi connectivity index (χ3v) is 5.19. The average molecular weight is 400 g/mol.